The summed E-state index contributed by atoms with van der Waals surface area (Å²) in [4.78, 5) is 26.5. The van der Waals surface area contributed by atoms with E-state index in [2.05, 4.69) is 33.5 Å². The molecule has 3 rings (SSSR count). The lowest BCUT2D eigenvalue weighted by molar-refractivity contribution is -0.137. The number of benzene rings is 1. The first-order valence-electron chi connectivity index (χ1n) is 9.70. The second-order valence-corrected chi connectivity index (χ2v) is 7.26. The fraction of sp³-hybridized carbons (Fsp3) is 0.304. The van der Waals surface area contributed by atoms with Crippen molar-refractivity contribution in [1.29, 1.82) is 0 Å². The molecule has 1 aliphatic rings. The Balaban J connectivity index is 1.98. The second kappa shape index (κ2) is 8.47. The molecule has 154 valence electrons. The van der Waals surface area contributed by atoms with E-state index in [1.165, 1.54) is 4.90 Å². The van der Waals surface area contributed by atoms with Crippen molar-refractivity contribution in [3.63, 3.8) is 0 Å². The number of likely N-dealkylation sites (N-methyl/N-ethyl adjacent to an activating group) is 1. The van der Waals surface area contributed by atoms with E-state index < -0.39 is 5.60 Å². The number of nitrogens with two attached hydrogens (primary N) is 1. The number of amidine groups is 1. The highest BCUT2D eigenvalue weighted by Gasteiger charge is 2.42. The average Bonchev–Trinajstić information content (AvgIpc) is 3.00. The van der Waals surface area contributed by atoms with Gasteiger partial charge in [0.05, 0.1) is 0 Å². The Hall–Kier alpha value is -3.50. The molecule has 1 atom stereocenters. The van der Waals surface area contributed by atoms with E-state index in [4.69, 9.17) is 5.73 Å². The molecule has 0 spiro atoms. The van der Waals surface area contributed by atoms with Crippen LogP contribution in [-0.4, -0.2) is 52.6 Å². The van der Waals surface area contributed by atoms with Gasteiger partial charge in [0.1, 0.15) is 11.5 Å². The third kappa shape index (κ3) is 4.09. The summed E-state index contributed by atoms with van der Waals surface area (Å²) in [6.07, 6.45) is 2.86. The van der Waals surface area contributed by atoms with Crippen LogP contribution in [0.3, 0.4) is 0 Å². The predicted molar refractivity (Wildman–Crippen MR) is 119 cm³/mol. The van der Waals surface area contributed by atoms with E-state index in [-0.39, 0.29) is 12.3 Å². The van der Waals surface area contributed by atoms with Crippen molar-refractivity contribution in [2.75, 3.05) is 19.3 Å². The molecule has 7 heteroatoms. The normalized spacial score (nSPS) is 18.9. The van der Waals surface area contributed by atoms with Crippen LogP contribution in [-0.2, 0) is 11.2 Å². The summed E-state index contributed by atoms with van der Waals surface area (Å²) >= 11 is 0. The van der Waals surface area contributed by atoms with Crippen LogP contribution in [0, 0.1) is 18.8 Å². The van der Waals surface area contributed by atoms with Crippen LogP contribution in [0.1, 0.15) is 35.6 Å². The van der Waals surface area contributed by atoms with Crippen molar-refractivity contribution in [2.45, 2.75) is 32.3 Å². The van der Waals surface area contributed by atoms with Crippen molar-refractivity contribution in [3.05, 3.63) is 52.7 Å². The summed E-state index contributed by atoms with van der Waals surface area (Å²) in [6, 6.07) is 7.23. The minimum Gasteiger partial charge on any atom is -0.382 e. The number of nitrogens with zero attached hydrogens (tertiary/aromatic N) is 4. The maximum absolute atomic E-state index is 12.1. The van der Waals surface area contributed by atoms with Crippen LogP contribution >= 0.6 is 0 Å². The van der Waals surface area contributed by atoms with Gasteiger partial charge < -0.3 is 15.7 Å². The molecular weight excluding hydrogens is 378 g/mol. The fourth-order valence-corrected chi connectivity index (χ4v) is 3.33. The molecule has 0 radical (unpaired) electrons. The van der Waals surface area contributed by atoms with E-state index in [1.807, 2.05) is 26.0 Å². The number of aryl methyl sites for hydroxylation is 1. The van der Waals surface area contributed by atoms with Gasteiger partial charge in [-0.15, -0.1) is 0 Å². The Kier molecular flexibility index (Phi) is 5.99. The lowest BCUT2D eigenvalue weighted by Gasteiger charge is -2.13. The molecule has 30 heavy (non-hydrogen) atoms. The molecule has 0 bridgehead atoms. The zero-order valence-corrected chi connectivity index (χ0v) is 17.4. The van der Waals surface area contributed by atoms with Crippen molar-refractivity contribution < 1.29 is 9.90 Å². The number of carbonyl (C=O) groups is 1. The third-order valence-corrected chi connectivity index (χ3v) is 5.23. The summed E-state index contributed by atoms with van der Waals surface area (Å²) < 4.78 is 0. The summed E-state index contributed by atoms with van der Waals surface area (Å²) in [5.74, 6) is 5.96. The molecule has 1 saturated heterocycles. The van der Waals surface area contributed by atoms with Gasteiger partial charge in [-0.05, 0) is 43.3 Å². The monoisotopic (exact) mass is 403 g/mol. The first-order valence-corrected chi connectivity index (χ1v) is 9.70. The van der Waals surface area contributed by atoms with Crippen molar-refractivity contribution in [2.24, 2.45) is 9.98 Å². The minimum atomic E-state index is -1.64. The number of aliphatic hydroxyl groups is 1. The van der Waals surface area contributed by atoms with E-state index >= 15 is 0 Å². The zero-order chi connectivity index (χ0) is 21.9. The van der Waals surface area contributed by atoms with Gasteiger partial charge in [0.2, 0.25) is 5.60 Å². The Labute approximate surface area is 176 Å². The predicted octanol–water partition coefficient (Wildman–Crippen LogP) is 2.26. The maximum atomic E-state index is 12.1. The van der Waals surface area contributed by atoms with Crippen LogP contribution in [0.25, 0.3) is 0 Å². The Morgan fingerprint density at radius 3 is 2.87 bits per heavy atom. The largest absolute Gasteiger partial charge is 0.382 e. The van der Waals surface area contributed by atoms with Gasteiger partial charge in [-0.1, -0.05) is 30.9 Å². The summed E-state index contributed by atoms with van der Waals surface area (Å²) in [7, 11) is 1.65. The number of hydrogen-bond acceptors (Lipinski definition) is 5. The highest BCUT2D eigenvalue weighted by Crippen LogP contribution is 2.28. The van der Waals surface area contributed by atoms with Crippen molar-refractivity contribution in [3.8, 4) is 11.8 Å². The van der Waals surface area contributed by atoms with E-state index in [0.717, 1.165) is 17.5 Å². The van der Waals surface area contributed by atoms with Gasteiger partial charge >= 0.3 is 0 Å². The number of nitrogen functional groups attached to an aromatic ring is 1. The molecule has 2 heterocycles. The van der Waals surface area contributed by atoms with Gasteiger partial charge in [-0.3, -0.25) is 4.79 Å². The van der Waals surface area contributed by atoms with Crippen LogP contribution in [0.5, 0.6) is 0 Å². The van der Waals surface area contributed by atoms with Gasteiger partial charge in [0, 0.05) is 37.3 Å². The molecule has 1 unspecified atom stereocenters. The topological polar surface area (TPSA) is 104 Å². The van der Waals surface area contributed by atoms with Crippen LogP contribution < -0.4 is 5.73 Å². The number of anilines is 1. The number of carbonyl (C=O) groups excluding carboxylic acids is 1. The Morgan fingerprint density at radius 1 is 1.47 bits per heavy atom. The highest BCUT2D eigenvalue weighted by molar-refractivity contribution is 6.03. The van der Waals surface area contributed by atoms with Gasteiger partial charge in [0.25, 0.3) is 5.91 Å². The van der Waals surface area contributed by atoms with Crippen LogP contribution in [0.15, 0.2) is 40.4 Å². The SMILES string of the molecule is C=N/C(=N\c1c(N)ncc(CC)c1C)c1cccc(C#CC2(O)CCN(C)C2=O)c1. The number of aromatic nitrogens is 1. The number of hydrogen-bond donors (Lipinski definition) is 2. The molecular formula is C23H25N5O2. The third-order valence-electron chi connectivity index (χ3n) is 5.23. The number of amides is 1. The van der Waals surface area contributed by atoms with Gasteiger partial charge in [-0.25, -0.2) is 15.0 Å². The second-order valence-electron chi connectivity index (χ2n) is 7.26. The standard InChI is InChI=1S/C23H25N5O2/c1-5-17-14-26-20(24)19(15(17)2)27-21(25-3)18-8-6-7-16(13-18)9-10-23(30)11-12-28(4)22(23)29/h6-8,13-14,30H,3,5,11-12H2,1-2,4H3,(H2,24,26)/b27-21-. The molecule has 1 aliphatic heterocycles. The minimum absolute atomic E-state index is 0.287. The lowest BCUT2D eigenvalue weighted by Crippen LogP contribution is -2.37. The van der Waals surface area contributed by atoms with Crippen molar-refractivity contribution >= 4 is 30.0 Å². The lowest BCUT2D eigenvalue weighted by atomic mass is 10.0. The first kappa shape index (κ1) is 21.2. The Morgan fingerprint density at radius 2 is 2.23 bits per heavy atom. The molecule has 0 saturated carbocycles. The molecule has 1 amide bonds. The number of rotatable bonds is 3. The smallest absolute Gasteiger partial charge is 0.267 e. The molecule has 0 aliphatic carbocycles. The van der Waals surface area contributed by atoms with E-state index in [0.29, 0.717) is 35.0 Å². The summed E-state index contributed by atoms with van der Waals surface area (Å²) in [5.41, 5.74) is 8.31. The van der Waals surface area contributed by atoms with Gasteiger partial charge in [-0.2, -0.15) is 0 Å². The van der Waals surface area contributed by atoms with Gasteiger partial charge in [0.15, 0.2) is 5.84 Å². The zero-order valence-electron chi connectivity index (χ0n) is 17.4. The number of aliphatic imine (C=N–C) groups is 2. The molecule has 3 N–H and O–H groups in total. The van der Waals surface area contributed by atoms with Crippen LogP contribution in [0.2, 0.25) is 0 Å². The van der Waals surface area contributed by atoms with Crippen molar-refractivity contribution in [1.82, 2.24) is 9.88 Å². The van der Waals surface area contributed by atoms with E-state index in [1.54, 1.807) is 25.4 Å². The van der Waals surface area contributed by atoms with E-state index in [9.17, 15) is 9.90 Å². The Bertz CT molecular complexity index is 1100. The quantitative estimate of drug-likeness (QED) is 0.466. The fourth-order valence-electron chi connectivity index (χ4n) is 3.33. The molecule has 7 nitrogen and oxygen atoms in total. The first-order chi connectivity index (χ1) is 14.3. The maximum Gasteiger partial charge on any atom is 0.267 e. The summed E-state index contributed by atoms with van der Waals surface area (Å²) in [6.45, 7) is 8.11. The molecule has 1 aromatic carbocycles. The summed E-state index contributed by atoms with van der Waals surface area (Å²) in [5, 5.41) is 10.5. The number of pyridine rings is 1. The highest BCUT2D eigenvalue weighted by atomic mass is 16.3. The molecule has 1 fully saturated rings. The number of likely N-dealkylation sites (tertiary alicyclic amines) is 1. The van der Waals surface area contributed by atoms with Crippen LogP contribution in [0.4, 0.5) is 11.5 Å². The molecule has 1 aromatic heterocycles. The average molecular weight is 403 g/mol. The molecule has 2 aromatic rings.